The largest absolute Gasteiger partial charge is 0.502 e. The molecule has 2 N–H and O–H groups in total. The van der Waals surface area contributed by atoms with E-state index in [4.69, 9.17) is 14.9 Å². The predicted octanol–water partition coefficient (Wildman–Crippen LogP) is 2.15. The van der Waals surface area contributed by atoms with Gasteiger partial charge in [0.25, 0.3) is 0 Å². The molecular formula is C11H25O3Ti-. The summed E-state index contributed by atoms with van der Waals surface area (Å²) >= 11 is 0. The molecular weight excluding hydrogens is 228 g/mol. The van der Waals surface area contributed by atoms with Gasteiger partial charge in [-0.15, -0.1) is 0 Å². The van der Waals surface area contributed by atoms with E-state index < -0.39 is 0 Å². The van der Waals surface area contributed by atoms with Crippen LogP contribution in [0.4, 0.5) is 0 Å². The molecule has 0 unspecified atom stereocenters. The van der Waals surface area contributed by atoms with Gasteiger partial charge in [0.2, 0.25) is 0 Å². The molecule has 0 fully saturated rings. The van der Waals surface area contributed by atoms with Crippen LogP contribution in [0.1, 0.15) is 33.1 Å². The SMILES string of the molecule is C=COCCCC[CH2-].CCO.CCO.[Ti]. The van der Waals surface area contributed by atoms with Crippen LogP contribution in [0.3, 0.4) is 0 Å². The fourth-order valence-corrected chi connectivity index (χ4v) is 0.446. The molecule has 0 atom stereocenters. The predicted molar refractivity (Wildman–Crippen MR) is 60.9 cm³/mol. The van der Waals surface area contributed by atoms with Crippen LogP contribution < -0.4 is 0 Å². The van der Waals surface area contributed by atoms with Crippen molar-refractivity contribution in [3.05, 3.63) is 19.8 Å². The molecule has 0 spiro atoms. The zero-order chi connectivity index (χ0) is 11.7. The Morgan fingerprint density at radius 3 is 1.87 bits per heavy atom. The molecule has 15 heavy (non-hydrogen) atoms. The first kappa shape index (κ1) is 24.4. The van der Waals surface area contributed by atoms with Crippen molar-refractivity contribution in [2.24, 2.45) is 0 Å². The fraction of sp³-hybridized carbons (Fsp3) is 0.727. The van der Waals surface area contributed by atoms with E-state index in [0.29, 0.717) is 0 Å². The minimum atomic E-state index is 0. The van der Waals surface area contributed by atoms with Crippen molar-refractivity contribution in [1.29, 1.82) is 0 Å². The van der Waals surface area contributed by atoms with Gasteiger partial charge in [0.05, 0.1) is 12.9 Å². The molecule has 0 amide bonds. The Hall–Kier alpha value is 0.174. The van der Waals surface area contributed by atoms with E-state index in [1.165, 1.54) is 6.26 Å². The van der Waals surface area contributed by atoms with Crippen LogP contribution in [0.5, 0.6) is 0 Å². The third-order valence-electron chi connectivity index (χ3n) is 0.880. The van der Waals surface area contributed by atoms with Crippen LogP contribution >= 0.6 is 0 Å². The molecule has 0 saturated carbocycles. The van der Waals surface area contributed by atoms with Gasteiger partial charge in [0, 0.05) is 34.9 Å². The minimum Gasteiger partial charge on any atom is -0.502 e. The van der Waals surface area contributed by atoms with Crippen molar-refractivity contribution in [3.8, 4) is 0 Å². The van der Waals surface area contributed by atoms with Crippen LogP contribution in [0.2, 0.25) is 0 Å². The molecule has 0 radical (unpaired) electrons. The second-order valence-corrected chi connectivity index (χ2v) is 2.23. The maximum atomic E-state index is 7.57. The zero-order valence-corrected chi connectivity index (χ0v) is 11.6. The van der Waals surface area contributed by atoms with Crippen LogP contribution in [-0.4, -0.2) is 30.0 Å². The van der Waals surface area contributed by atoms with Crippen molar-refractivity contribution in [3.63, 3.8) is 0 Å². The zero-order valence-electron chi connectivity index (χ0n) is 10.0. The number of aliphatic hydroxyl groups excluding tert-OH is 2. The monoisotopic (exact) mass is 253 g/mol. The summed E-state index contributed by atoms with van der Waals surface area (Å²) in [5.41, 5.74) is 0. The summed E-state index contributed by atoms with van der Waals surface area (Å²) < 4.78 is 4.87. The molecule has 0 saturated heterocycles. The van der Waals surface area contributed by atoms with Crippen molar-refractivity contribution in [2.45, 2.75) is 33.1 Å². The summed E-state index contributed by atoms with van der Waals surface area (Å²) in [7, 11) is 0. The average Bonchev–Trinajstić information content (AvgIpc) is 2.15. The molecule has 3 nitrogen and oxygen atoms in total. The van der Waals surface area contributed by atoms with E-state index in [2.05, 4.69) is 13.5 Å². The van der Waals surface area contributed by atoms with E-state index >= 15 is 0 Å². The molecule has 0 aromatic carbocycles. The average molecular weight is 253 g/mol. The van der Waals surface area contributed by atoms with Crippen LogP contribution in [0.15, 0.2) is 12.8 Å². The number of ether oxygens (including phenoxy) is 1. The molecule has 0 aromatic heterocycles. The Bertz CT molecular complexity index is 78.2. The van der Waals surface area contributed by atoms with Gasteiger partial charge in [-0.2, -0.15) is 6.42 Å². The van der Waals surface area contributed by atoms with E-state index in [9.17, 15) is 0 Å². The molecule has 0 heterocycles. The van der Waals surface area contributed by atoms with Gasteiger partial charge in [0.1, 0.15) is 0 Å². The number of hydrogen-bond donors (Lipinski definition) is 2. The Morgan fingerprint density at radius 1 is 1.20 bits per heavy atom. The molecule has 0 aromatic rings. The van der Waals surface area contributed by atoms with Crippen LogP contribution in [-0.2, 0) is 26.5 Å². The van der Waals surface area contributed by atoms with Gasteiger partial charge in [0.15, 0.2) is 0 Å². The number of unbranched alkanes of at least 4 members (excludes halogenated alkanes) is 2. The summed E-state index contributed by atoms with van der Waals surface area (Å²) in [5, 5.41) is 15.1. The molecule has 0 aliphatic rings. The van der Waals surface area contributed by atoms with Gasteiger partial charge in [-0.05, 0) is 20.3 Å². The van der Waals surface area contributed by atoms with E-state index in [0.717, 1.165) is 25.9 Å². The van der Waals surface area contributed by atoms with Crippen LogP contribution in [0.25, 0.3) is 0 Å². The topological polar surface area (TPSA) is 49.7 Å². The van der Waals surface area contributed by atoms with Gasteiger partial charge < -0.3 is 21.9 Å². The Balaban J connectivity index is -0.0000000733. The van der Waals surface area contributed by atoms with Gasteiger partial charge in [-0.3, -0.25) is 0 Å². The number of rotatable bonds is 5. The molecule has 92 valence electrons. The molecule has 4 heteroatoms. The Morgan fingerprint density at radius 2 is 1.60 bits per heavy atom. The first-order valence-electron chi connectivity index (χ1n) is 4.98. The molecule has 0 aliphatic heterocycles. The van der Waals surface area contributed by atoms with Gasteiger partial charge in [-0.1, -0.05) is 13.0 Å². The Labute approximate surface area is 109 Å². The third-order valence-corrected chi connectivity index (χ3v) is 0.880. The second-order valence-electron chi connectivity index (χ2n) is 2.23. The summed E-state index contributed by atoms with van der Waals surface area (Å²) in [6, 6.07) is 0. The quantitative estimate of drug-likeness (QED) is 0.341. The maximum absolute atomic E-state index is 7.57. The van der Waals surface area contributed by atoms with Crippen molar-refractivity contribution in [2.75, 3.05) is 19.8 Å². The molecule has 0 bridgehead atoms. The van der Waals surface area contributed by atoms with E-state index in [1.807, 2.05) is 0 Å². The fourth-order valence-electron chi connectivity index (χ4n) is 0.446. The third kappa shape index (κ3) is 78.5. The number of hydrogen-bond acceptors (Lipinski definition) is 3. The molecule has 0 aliphatic carbocycles. The second kappa shape index (κ2) is 36.8. The van der Waals surface area contributed by atoms with Crippen molar-refractivity contribution >= 4 is 0 Å². The van der Waals surface area contributed by atoms with E-state index in [-0.39, 0.29) is 34.9 Å². The summed E-state index contributed by atoms with van der Waals surface area (Å²) in [6.07, 6.45) is 4.72. The van der Waals surface area contributed by atoms with Crippen molar-refractivity contribution in [1.82, 2.24) is 0 Å². The maximum Gasteiger partial charge on any atom is 0.0872 e. The first-order valence-corrected chi connectivity index (χ1v) is 4.98. The normalized spacial score (nSPS) is 7.00. The van der Waals surface area contributed by atoms with Gasteiger partial charge >= 0.3 is 0 Å². The van der Waals surface area contributed by atoms with Crippen LogP contribution in [0, 0.1) is 6.92 Å². The standard InChI is InChI=1S/C7H13O.2C2H6O.Ti/c1-3-5-6-7-8-4-2;2*1-2-3;/h4H,1-3,5-7H2;2*3H,2H2,1H3;/q-1;;;. The smallest absolute Gasteiger partial charge is 0.0872 e. The minimum absolute atomic E-state index is 0. The van der Waals surface area contributed by atoms with E-state index in [1.54, 1.807) is 13.8 Å². The summed E-state index contributed by atoms with van der Waals surface area (Å²) in [6.45, 7) is 11.8. The van der Waals surface area contributed by atoms with Crippen molar-refractivity contribution < 1.29 is 36.7 Å². The van der Waals surface area contributed by atoms with Gasteiger partial charge in [-0.25, -0.2) is 0 Å². The first-order chi connectivity index (χ1) is 6.74. The summed E-state index contributed by atoms with van der Waals surface area (Å²) in [4.78, 5) is 0. The Kier molecular flexibility index (Phi) is 59.9. The number of aliphatic hydroxyl groups is 2. The molecule has 0 rings (SSSR count). The summed E-state index contributed by atoms with van der Waals surface area (Å²) in [5.74, 6) is 0.